The SMILES string of the molecule is CO[C@@H]1C[C@H]2CN(C(=O)c3[nH]cnc3-c3ccccc3)C[C@H]2C[C@H]1Nc1ccccn1. The van der Waals surface area contributed by atoms with Crippen LogP contribution >= 0.6 is 0 Å². The van der Waals surface area contributed by atoms with Crippen molar-refractivity contribution in [3.05, 3.63) is 66.7 Å². The Morgan fingerprint density at radius 2 is 1.84 bits per heavy atom. The molecule has 0 spiro atoms. The Labute approximate surface area is 181 Å². The summed E-state index contributed by atoms with van der Waals surface area (Å²) in [6, 6.07) is 15.9. The number of nitrogens with zero attached hydrogens (tertiary/aromatic N) is 3. The van der Waals surface area contributed by atoms with E-state index in [2.05, 4.69) is 20.3 Å². The Bertz CT molecular complexity index is 1020. The number of carbonyl (C=O) groups is 1. The van der Waals surface area contributed by atoms with Gasteiger partial charge < -0.3 is 19.9 Å². The lowest BCUT2D eigenvalue weighted by Crippen LogP contribution is -2.44. The molecule has 2 aliphatic rings. The van der Waals surface area contributed by atoms with E-state index in [0.717, 1.165) is 37.3 Å². The lowest BCUT2D eigenvalue weighted by atomic mass is 9.77. The van der Waals surface area contributed by atoms with Crippen molar-refractivity contribution in [1.82, 2.24) is 19.9 Å². The molecule has 3 aromatic rings. The number of amides is 1. The molecule has 1 saturated heterocycles. The van der Waals surface area contributed by atoms with Crippen LogP contribution in [0.5, 0.6) is 0 Å². The van der Waals surface area contributed by atoms with Crippen LogP contribution < -0.4 is 5.32 Å². The van der Waals surface area contributed by atoms with Gasteiger partial charge in [0.25, 0.3) is 5.91 Å². The molecule has 31 heavy (non-hydrogen) atoms. The molecule has 0 bridgehead atoms. The van der Waals surface area contributed by atoms with Gasteiger partial charge in [0, 0.05) is 32.0 Å². The molecule has 1 aliphatic carbocycles. The van der Waals surface area contributed by atoms with E-state index in [1.807, 2.05) is 53.4 Å². The van der Waals surface area contributed by atoms with Crippen molar-refractivity contribution in [3.63, 3.8) is 0 Å². The predicted octanol–water partition coefficient (Wildman–Crippen LogP) is 3.45. The van der Waals surface area contributed by atoms with Crippen LogP contribution in [-0.2, 0) is 4.74 Å². The standard InChI is InChI=1S/C24H27N5O2/c1-31-20-12-18-14-29(13-17(18)11-19(20)28-21-9-5-6-10-25-21)24(30)23-22(26-15-27-23)16-7-3-2-4-8-16/h2-10,15,17-20H,11-14H2,1H3,(H,25,28)(H,26,27)/t17-,18+,19-,20-/m1/s1. The molecule has 2 aromatic heterocycles. The second kappa shape index (κ2) is 8.51. The van der Waals surface area contributed by atoms with Gasteiger partial charge in [-0.1, -0.05) is 36.4 Å². The molecular formula is C24H27N5O2. The number of nitrogens with one attached hydrogen (secondary N) is 2. The highest BCUT2D eigenvalue weighted by molar-refractivity contribution is 5.98. The van der Waals surface area contributed by atoms with E-state index in [9.17, 15) is 4.79 Å². The van der Waals surface area contributed by atoms with Gasteiger partial charge in [0.2, 0.25) is 0 Å². The number of aromatic amines is 1. The van der Waals surface area contributed by atoms with E-state index >= 15 is 0 Å². The van der Waals surface area contributed by atoms with Gasteiger partial charge in [-0.2, -0.15) is 0 Å². The van der Waals surface area contributed by atoms with Crippen LogP contribution in [0, 0.1) is 11.8 Å². The van der Waals surface area contributed by atoms with Crippen LogP contribution in [0.2, 0.25) is 0 Å². The summed E-state index contributed by atoms with van der Waals surface area (Å²) in [5.74, 6) is 1.77. The Balaban J connectivity index is 1.31. The predicted molar refractivity (Wildman–Crippen MR) is 119 cm³/mol. The van der Waals surface area contributed by atoms with Gasteiger partial charge in [-0.25, -0.2) is 9.97 Å². The van der Waals surface area contributed by atoms with Crippen LogP contribution in [0.1, 0.15) is 23.3 Å². The van der Waals surface area contributed by atoms with Crippen molar-refractivity contribution < 1.29 is 9.53 Å². The lowest BCUT2D eigenvalue weighted by molar-refractivity contribution is 0.0304. The van der Waals surface area contributed by atoms with Gasteiger partial charge in [-0.05, 0) is 36.8 Å². The quantitative estimate of drug-likeness (QED) is 0.664. The minimum absolute atomic E-state index is 0.0222. The fraction of sp³-hybridized carbons (Fsp3) is 0.375. The van der Waals surface area contributed by atoms with E-state index in [1.165, 1.54) is 0 Å². The summed E-state index contributed by atoms with van der Waals surface area (Å²) in [5.41, 5.74) is 2.23. The molecule has 0 radical (unpaired) electrons. The first-order valence-electron chi connectivity index (χ1n) is 10.8. The minimum atomic E-state index is 0.0222. The second-order valence-corrected chi connectivity index (χ2v) is 8.43. The summed E-state index contributed by atoms with van der Waals surface area (Å²) in [4.78, 5) is 27.2. The van der Waals surface area contributed by atoms with E-state index < -0.39 is 0 Å². The maximum absolute atomic E-state index is 13.4. The van der Waals surface area contributed by atoms with Gasteiger partial charge in [-0.15, -0.1) is 0 Å². The number of H-pyrrole nitrogens is 1. The fourth-order valence-electron chi connectivity index (χ4n) is 5.06. The van der Waals surface area contributed by atoms with Crippen LogP contribution in [0.25, 0.3) is 11.3 Å². The number of imidazole rings is 1. The molecule has 1 saturated carbocycles. The molecule has 160 valence electrons. The maximum Gasteiger partial charge on any atom is 0.272 e. The summed E-state index contributed by atoms with van der Waals surface area (Å²) < 4.78 is 5.82. The second-order valence-electron chi connectivity index (χ2n) is 8.43. The lowest BCUT2D eigenvalue weighted by Gasteiger charge is -2.37. The third-order valence-corrected chi connectivity index (χ3v) is 6.61. The number of methoxy groups -OCH3 is 1. The first kappa shape index (κ1) is 19.8. The fourth-order valence-corrected chi connectivity index (χ4v) is 5.06. The van der Waals surface area contributed by atoms with Crippen molar-refractivity contribution >= 4 is 11.7 Å². The van der Waals surface area contributed by atoms with E-state index in [-0.39, 0.29) is 18.1 Å². The smallest absolute Gasteiger partial charge is 0.272 e. The molecule has 1 amide bonds. The third-order valence-electron chi connectivity index (χ3n) is 6.61. The van der Waals surface area contributed by atoms with Crippen molar-refractivity contribution in [1.29, 1.82) is 0 Å². The Kier molecular flexibility index (Phi) is 5.42. The molecule has 3 heterocycles. The average molecular weight is 418 g/mol. The summed E-state index contributed by atoms with van der Waals surface area (Å²) >= 11 is 0. The number of anilines is 1. The van der Waals surface area contributed by atoms with Crippen LogP contribution in [0.4, 0.5) is 5.82 Å². The third kappa shape index (κ3) is 3.93. The van der Waals surface area contributed by atoms with Gasteiger partial charge >= 0.3 is 0 Å². The number of aromatic nitrogens is 3. The molecule has 7 heteroatoms. The number of pyridine rings is 1. The number of fused-ring (bicyclic) bond motifs is 1. The van der Waals surface area contributed by atoms with Gasteiger partial charge in [0.05, 0.1) is 18.5 Å². The Morgan fingerprint density at radius 3 is 2.58 bits per heavy atom. The zero-order valence-electron chi connectivity index (χ0n) is 17.6. The van der Waals surface area contributed by atoms with Crippen LogP contribution in [0.3, 0.4) is 0 Å². The number of carbonyl (C=O) groups excluding carboxylic acids is 1. The highest BCUT2D eigenvalue weighted by atomic mass is 16.5. The average Bonchev–Trinajstić information content (AvgIpc) is 3.46. The van der Waals surface area contributed by atoms with Gasteiger partial charge in [0.1, 0.15) is 17.2 Å². The van der Waals surface area contributed by atoms with E-state index in [0.29, 0.717) is 23.2 Å². The largest absolute Gasteiger partial charge is 0.379 e. The first-order valence-corrected chi connectivity index (χ1v) is 10.8. The zero-order valence-corrected chi connectivity index (χ0v) is 17.6. The molecule has 2 N–H and O–H groups in total. The van der Waals surface area contributed by atoms with Crippen molar-refractivity contribution in [2.24, 2.45) is 11.8 Å². The molecule has 2 fully saturated rings. The maximum atomic E-state index is 13.4. The minimum Gasteiger partial charge on any atom is -0.379 e. The number of hydrogen-bond acceptors (Lipinski definition) is 5. The summed E-state index contributed by atoms with van der Waals surface area (Å²) in [7, 11) is 1.77. The highest BCUT2D eigenvalue weighted by Crippen LogP contribution is 2.39. The number of hydrogen-bond donors (Lipinski definition) is 2. The number of likely N-dealkylation sites (tertiary alicyclic amines) is 1. The Hall–Kier alpha value is -3.19. The zero-order chi connectivity index (χ0) is 21.2. The number of benzene rings is 1. The van der Waals surface area contributed by atoms with E-state index in [4.69, 9.17) is 4.74 Å². The number of rotatable bonds is 5. The summed E-state index contributed by atoms with van der Waals surface area (Å²) in [6.45, 7) is 1.51. The van der Waals surface area contributed by atoms with Crippen LogP contribution in [0.15, 0.2) is 61.1 Å². The molecular weight excluding hydrogens is 390 g/mol. The molecule has 4 atom stereocenters. The van der Waals surface area contributed by atoms with Crippen molar-refractivity contribution in [3.8, 4) is 11.3 Å². The highest BCUT2D eigenvalue weighted by Gasteiger charge is 2.44. The monoisotopic (exact) mass is 417 g/mol. The van der Waals surface area contributed by atoms with Gasteiger partial charge in [-0.3, -0.25) is 4.79 Å². The first-order chi connectivity index (χ1) is 15.2. The normalized spacial score (nSPS) is 25.3. The van der Waals surface area contributed by atoms with Crippen LogP contribution in [-0.4, -0.2) is 58.1 Å². The molecule has 1 aliphatic heterocycles. The van der Waals surface area contributed by atoms with Gasteiger partial charge in [0.15, 0.2) is 0 Å². The molecule has 5 rings (SSSR count). The molecule has 0 unspecified atom stereocenters. The van der Waals surface area contributed by atoms with Crippen molar-refractivity contribution in [2.45, 2.75) is 25.0 Å². The van der Waals surface area contributed by atoms with E-state index in [1.54, 1.807) is 19.6 Å². The molecule has 1 aromatic carbocycles. The topological polar surface area (TPSA) is 83.1 Å². The Morgan fingerprint density at radius 1 is 1.06 bits per heavy atom. The van der Waals surface area contributed by atoms with Crippen molar-refractivity contribution in [2.75, 3.05) is 25.5 Å². The summed E-state index contributed by atoms with van der Waals surface area (Å²) in [5, 5.41) is 3.54. The number of ether oxygens (including phenoxy) is 1. The summed E-state index contributed by atoms with van der Waals surface area (Å²) in [6.07, 6.45) is 5.39. The molecule has 7 nitrogen and oxygen atoms in total.